The summed E-state index contributed by atoms with van der Waals surface area (Å²) < 4.78 is 0. The number of ketones is 1. The normalized spacial score (nSPS) is 10.3. The zero-order chi connectivity index (χ0) is 14.7. The first-order chi connectivity index (χ1) is 9.52. The monoisotopic (exact) mass is 288 g/mol. The van der Waals surface area contributed by atoms with Crippen LogP contribution in [0.2, 0.25) is 5.02 Å². The van der Waals surface area contributed by atoms with Gasteiger partial charge in [-0.15, -0.1) is 0 Å². The van der Waals surface area contributed by atoms with E-state index < -0.39 is 11.8 Å². The van der Waals surface area contributed by atoms with Crippen LogP contribution in [0, 0.1) is 0 Å². The molecule has 0 spiro atoms. The fourth-order valence-corrected chi connectivity index (χ4v) is 2.16. The van der Waals surface area contributed by atoms with Crippen LogP contribution in [-0.2, 0) is 11.2 Å². The van der Waals surface area contributed by atoms with E-state index in [1.165, 1.54) is 0 Å². The highest BCUT2D eigenvalue weighted by atomic mass is 35.5. The standard InChI is InChI=1S/C16H13ClO3/c1-2-10-3-4-12(9-14(10)15(18)16(19)20)11-5-7-13(17)8-6-11/h3-9H,2H2,1H3,(H,19,20). The summed E-state index contributed by atoms with van der Waals surface area (Å²) in [6.45, 7) is 1.88. The van der Waals surface area contributed by atoms with Gasteiger partial charge in [-0.25, -0.2) is 4.79 Å². The number of carboxylic acids is 1. The third-order valence-corrected chi connectivity index (χ3v) is 3.36. The number of Topliss-reactive ketones (excluding diaryl/α,β-unsaturated/α-hetero) is 1. The maximum atomic E-state index is 11.7. The molecule has 0 fully saturated rings. The Bertz CT molecular complexity index is 660. The minimum atomic E-state index is -1.44. The van der Waals surface area contributed by atoms with Crippen molar-refractivity contribution >= 4 is 23.4 Å². The maximum absolute atomic E-state index is 11.7. The lowest BCUT2D eigenvalue weighted by Crippen LogP contribution is -2.14. The molecule has 0 aliphatic rings. The summed E-state index contributed by atoms with van der Waals surface area (Å²) >= 11 is 5.84. The van der Waals surface area contributed by atoms with Gasteiger partial charge in [-0.3, -0.25) is 4.79 Å². The molecular weight excluding hydrogens is 276 g/mol. The Kier molecular flexibility index (Phi) is 4.20. The van der Waals surface area contributed by atoms with Crippen molar-refractivity contribution in [3.63, 3.8) is 0 Å². The zero-order valence-corrected chi connectivity index (χ0v) is 11.6. The highest BCUT2D eigenvalue weighted by Gasteiger charge is 2.18. The summed E-state index contributed by atoms with van der Waals surface area (Å²) in [6, 6.07) is 12.5. The SMILES string of the molecule is CCc1ccc(-c2ccc(Cl)cc2)cc1C(=O)C(=O)O. The van der Waals surface area contributed by atoms with Gasteiger partial charge in [-0.05, 0) is 41.3 Å². The summed E-state index contributed by atoms with van der Waals surface area (Å²) in [4.78, 5) is 22.6. The number of carbonyl (C=O) groups excluding carboxylic acids is 1. The maximum Gasteiger partial charge on any atom is 0.377 e. The molecule has 2 rings (SSSR count). The van der Waals surface area contributed by atoms with Crippen LogP contribution < -0.4 is 0 Å². The number of carbonyl (C=O) groups is 2. The van der Waals surface area contributed by atoms with E-state index in [0.717, 1.165) is 16.7 Å². The van der Waals surface area contributed by atoms with Crippen LogP contribution in [-0.4, -0.2) is 16.9 Å². The van der Waals surface area contributed by atoms with Crippen molar-refractivity contribution in [1.82, 2.24) is 0 Å². The zero-order valence-electron chi connectivity index (χ0n) is 10.9. The molecule has 0 aromatic heterocycles. The smallest absolute Gasteiger partial charge is 0.377 e. The van der Waals surface area contributed by atoms with Gasteiger partial charge in [0.25, 0.3) is 5.78 Å². The molecule has 20 heavy (non-hydrogen) atoms. The first-order valence-electron chi connectivity index (χ1n) is 6.19. The van der Waals surface area contributed by atoms with Gasteiger partial charge in [0.15, 0.2) is 0 Å². The molecule has 0 amide bonds. The molecule has 0 saturated heterocycles. The number of carboxylic acid groups (broad SMARTS) is 1. The Morgan fingerprint density at radius 2 is 1.65 bits per heavy atom. The van der Waals surface area contributed by atoms with Crippen LogP contribution >= 0.6 is 11.6 Å². The average molecular weight is 289 g/mol. The molecule has 2 aromatic carbocycles. The molecular formula is C16H13ClO3. The second-order valence-corrected chi connectivity index (χ2v) is 4.80. The topological polar surface area (TPSA) is 54.4 Å². The van der Waals surface area contributed by atoms with Gasteiger partial charge in [0, 0.05) is 10.6 Å². The Balaban J connectivity index is 2.52. The van der Waals surface area contributed by atoms with Crippen LogP contribution in [0.25, 0.3) is 11.1 Å². The Morgan fingerprint density at radius 3 is 2.20 bits per heavy atom. The van der Waals surface area contributed by atoms with E-state index in [2.05, 4.69) is 0 Å². The third-order valence-electron chi connectivity index (χ3n) is 3.11. The predicted molar refractivity (Wildman–Crippen MR) is 78.2 cm³/mol. The fourth-order valence-electron chi connectivity index (χ4n) is 2.03. The van der Waals surface area contributed by atoms with E-state index in [1.54, 1.807) is 24.3 Å². The Hall–Kier alpha value is -2.13. The molecule has 0 aliphatic heterocycles. The molecule has 0 bridgehead atoms. The summed E-state index contributed by atoms with van der Waals surface area (Å²) in [7, 11) is 0. The number of halogens is 1. The molecule has 0 unspecified atom stereocenters. The number of aliphatic carboxylic acids is 1. The van der Waals surface area contributed by atoms with Gasteiger partial charge in [0.1, 0.15) is 0 Å². The van der Waals surface area contributed by atoms with Crippen molar-refractivity contribution in [2.24, 2.45) is 0 Å². The van der Waals surface area contributed by atoms with E-state index in [9.17, 15) is 9.59 Å². The lowest BCUT2D eigenvalue weighted by molar-refractivity contribution is -0.131. The molecule has 1 N–H and O–H groups in total. The van der Waals surface area contributed by atoms with Gasteiger partial charge in [-0.2, -0.15) is 0 Å². The summed E-state index contributed by atoms with van der Waals surface area (Å²) in [6.07, 6.45) is 0.606. The quantitative estimate of drug-likeness (QED) is 0.687. The van der Waals surface area contributed by atoms with Crippen molar-refractivity contribution in [1.29, 1.82) is 0 Å². The Morgan fingerprint density at radius 1 is 1.05 bits per heavy atom. The molecule has 0 aliphatic carbocycles. The molecule has 3 nitrogen and oxygen atoms in total. The number of hydrogen-bond donors (Lipinski definition) is 1. The lowest BCUT2D eigenvalue weighted by atomic mass is 9.95. The van der Waals surface area contributed by atoms with Crippen molar-refractivity contribution in [3.05, 3.63) is 58.6 Å². The number of hydrogen-bond acceptors (Lipinski definition) is 2. The van der Waals surface area contributed by atoms with E-state index in [-0.39, 0.29) is 5.56 Å². The first-order valence-corrected chi connectivity index (χ1v) is 6.57. The minimum absolute atomic E-state index is 0.243. The minimum Gasteiger partial charge on any atom is -0.475 e. The van der Waals surface area contributed by atoms with Gasteiger partial charge in [0.2, 0.25) is 0 Å². The van der Waals surface area contributed by atoms with Crippen LogP contribution in [0.3, 0.4) is 0 Å². The van der Waals surface area contributed by atoms with Crippen molar-refractivity contribution in [2.75, 3.05) is 0 Å². The van der Waals surface area contributed by atoms with Crippen LogP contribution in [0.15, 0.2) is 42.5 Å². The van der Waals surface area contributed by atoms with Gasteiger partial charge >= 0.3 is 5.97 Å². The summed E-state index contributed by atoms with van der Waals surface area (Å²) in [5, 5.41) is 9.51. The highest BCUT2D eigenvalue weighted by molar-refractivity contribution is 6.40. The molecule has 0 heterocycles. The predicted octanol–water partition coefficient (Wildman–Crippen LogP) is 3.84. The second kappa shape index (κ2) is 5.88. The molecule has 0 saturated carbocycles. The molecule has 2 aromatic rings. The van der Waals surface area contributed by atoms with Crippen molar-refractivity contribution in [3.8, 4) is 11.1 Å². The van der Waals surface area contributed by atoms with Crippen LogP contribution in [0.5, 0.6) is 0 Å². The van der Waals surface area contributed by atoms with Crippen LogP contribution in [0.4, 0.5) is 0 Å². The van der Waals surface area contributed by atoms with Crippen LogP contribution in [0.1, 0.15) is 22.8 Å². The Labute approximate surface area is 121 Å². The number of rotatable bonds is 4. The van der Waals surface area contributed by atoms with Gasteiger partial charge in [0.05, 0.1) is 0 Å². The highest BCUT2D eigenvalue weighted by Crippen LogP contribution is 2.25. The van der Waals surface area contributed by atoms with E-state index >= 15 is 0 Å². The van der Waals surface area contributed by atoms with Gasteiger partial charge in [-0.1, -0.05) is 42.8 Å². The largest absolute Gasteiger partial charge is 0.475 e. The van der Waals surface area contributed by atoms with E-state index in [1.807, 2.05) is 25.1 Å². The molecule has 102 valence electrons. The van der Waals surface area contributed by atoms with Crippen molar-refractivity contribution < 1.29 is 14.7 Å². The third kappa shape index (κ3) is 2.89. The number of aryl methyl sites for hydroxylation is 1. The first kappa shape index (κ1) is 14.3. The van der Waals surface area contributed by atoms with E-state index in [4.69, 9.17) is 16.7 Å². The summed E-state index contributed by atoms with van der Waals surface area (Å²) in [5.74, 6) is -2.31. The molecule has 0 atom stereocenters. The summed E-state index contributed by atoms with van der Waals surface area (Å²) in [5.41, 5.74) is 2.66. The lowest BCUT2D eigenvalue weighted by Gasteiger charge is -2.08. The average Bonchev–Trinajstić information content (AvgIpc) is 2.46. The number of benzene rings is 2. The molecule has 4 heteroatoms. The van der Waals surface area contributed by atoms with Gasteiger partial charge < -0.3 is 5.11 Å². The second-order valence-electron chi connectivity index (χ2n) is 4.37. The van der Waals surface area contributed by atoms with E-state index in [0.29, 0.717) is 11.4 Å². The molecule has 0 radical (unpaired) electrons. The fraction of sp³-hybridized carbons (Fsp3) is 0.125. The van der Waals surface area contributed by atoms with Crippen molar-refractivity contribution in [2.45, 2.75) is 13.3 Å².